The van der Waals surface area contributed by atoms with Gasteiger partial charge in [-0.15, -0.1) is 11.3 Å². The van der Waals surface area contributed by atoms with Gasteiger partial charge in [-0.1, -0.05) is 41.1 Å². The third-order valence-electron chi connectivity index (χ3n) is 4.64. The molecule has 4 aromatic rings. The second kappa shape index (κ2) is 9.26. The first-order valence-corrected chi connectivity index (χ1v) is 12.2. The highest BCUT2D eigenvalue weighted by Gasteiger charge is 2.28. The van der Waals surface area contributed by atoms with Crippen molar-refractivity contribution < 1.29 is 27.9 Å². The minimum absolute atomic E-state index is 0.00932. The van der Waals surface area contributed by atoms with Crippen molar-refractivity contribution in [1.29, 1.82) is 0 Å². The molecule has 0 fully saturated rings. The number of hydrogen-bond donors (Lipinski definition) is 2. The molecule has 0 aliphatic carbocycles. The summed E-state index contributed by atoms with van der Waals surface area (Å²) < 4.78 is 85.2. The smallest absolute Gasteiger partial charge is 0.307 e. The van der Waals surface area contributed by atoms with E-state index in [0.29, 0.717) is 10.4 Å². The van der Waals surface area contributed by atoms with Gasteiger partial charge >= 0.3 is 5.97 Å². The molecule has 33 heavy (non-hydrogen) atoms. The van der Waals surface area contributed by atoms with Crippen LogP contribution in [0.3, 0.4) is 0 Å². The van der Waals surface area contributed by atoms with Crippen molar-refractivity contribution in [2.75, 3.05) is 5.75 Å². The zero-order chi connectivity index (χ0) is 29.8. The molecule has 0 aliphatic rings. The van der Waals surface area contributed by atoms with Crippen LogP contribution >= 0.6 is 11.3 Å². The maximum atomic E-state index is 13.3. The summed E-state index contributed by atoms with van der Waals surface area (Å²) in [4.78, 5) is 15.2. The number of thiophene rings is 1. The van der Waals surface area contributed by atoms with Crippen LogP contribution in [0.1, 0.15) is 36.7 Å². The molecule has 0 bridgehead atoms. The minimum Gasteiger partial charge on any atom is -0.481 e. The maximum Gasteiger partial charge on any atom is 0.307 e. The molecular weight excluding hydrogens is 454 g/mol. The third-order valence-corrected chi connectivity index (χ3v) is 7.86. The fourth-order valence-electron chi connectivity index (χ4n) is 2.95. The number of sulfone groups is 1. The SMILES string of the molecule is [2H]c1[nH]c2c([2H])c([2H])c(C)c([2H])c2c1C([2H])([2H])[C@]([2H])(CS(=O)(=O)c1ccc(C#Cc2ccc(C)cc2)s1)C(=O)O. The van der Waals surface area contributed by atoms with E-state index in [1.807, 2.05) is 19.1 Å². The largest absolute Gasteiger partial charge is 0.481 e. The number of carboxylic acid groups (broad SMARTS) is 1. The Bertz CT molecular complexity index is 1830. The van der Waals surface area contributed by atoms with Crippen LogP contribution in [0.25, 0.3) is 10.9 Å². The van der Waals surface area contributed by atoms with E-state index in [1.54, 1.807) is 12.1 Å². The van der Waals surface area contributed by atoms with Gasteiger partial charge in [0.1, 0.15) is 4.21 Å². The number of hydrogen-bond acceptors (Lipinski definition) is 4. The number of aromatic amines is 1. The zero-order valence-corrected chi connectivity index (χ0v) is 19.3. The Labute approximate surface area is 206 Å². The molecule has 2 N–H and O–H groups in total. The van der Waals surface area contributed by atoms with Crippen LogP contribution in [0.4, 0.5) is 0 Å². The summed E-state index contributed by atoms with van der Waals surface area (Å²) in [5.74, 6) is -1.16. The van der Waals surface area contributed by atoms with Crippen LogP contribution in [0.2, 0.25) is 0 Å². The van der Waals surface area contributed by atoms with Gasteiger partial charge < -0.3 is 10.1 Å². The van der Waals surface area contributed by atoms with Crippen molar-refractivity contribution in [3.63, 3.8) is 0 Å². The Morgan fingerprint density at radius 1 is 1.18 bits per heavy atom. The van der Waals surface area contributed by atoms with Gasteiger partial charge in [0.25, 0.3) is 0 Å². The first-order valence-electron chi connectivity index (χ1n) is 13.2. The molecule has 0 spiro atoms. The van der Waals surface area contributed by atoms with Crippen molar-refractivity contribution in [3.05, 3.63) is 87.8 Å². The van der Waals surface area contributed by atoms with E-state index in [1.165, 1.54) is 19.1 Å². The van der Waals surface area contributed by atoms with Crippen molar-refractivity contribution in [2.24, 2.45) is 5.89 Å². The van der Waals surface area contributed by atoms with Crippen molar-refractivity contribution in [3.8, 4) is 11.8 Å². The normalized spacial score (nSPS) is 16.7. The van der Waals surface area contributed by atoms with Gasteiger partial charge in [-0.2, -0.15) is 0 Å². The molecule has 0 radical (unpaired) electrons. The van der Waals surface area contributed by atoms with Crippen molar-refractivity contribution in [2.45, 2.75) is 24.4 Å². The van der Waals surface area contributed by atoms with Crippen LogP contribution in [0.5, 0.6) is 0 Å². The average Bonchev–Trinajstić information content (AvgIpc) is 3.51. The first-order chi connectivity index (χ1) is 18.5. The highest BCUT2D eigenvalue weighted by atomic mass is 32.2. The van der Waals surface area contributed by atoms with E-state index in [-0.39, 0.29) is 26.7 Å². The molecular formula is C26H23NO4S2. The fraction of sp³-hybridized carbons (Fsp3) is 0.192. The second-order valence-electron chi connectivity index (χ2n) is 7.28. The Kier molecular flexibility index (Phi) is 4.35. The molecule has 168 valence electrons. The molecule has 4 rings (SSSR count). The summed E-state index contributed by atoms with van der Waals surface area (Å²) in [7, 11) is -4.55. The number of carbonyl (C=O) groups is 1. The highest BCUT2D eigenvalue weighted by molar-refractivity contribution is 7.93. The molecule has 0 saturated heterocycles. The van der Waals surface area contributed by atoms with E-state index in [9.17, 15) is 18.3 Å². The summed E-state index contributed by atoms with van der Waals surface area (Å²) in [5.41, 5.74) is 0.773. The summed E-state index contributed by atoms with van der Waals surface area (Å²) in [6.45, 7) is 3.28. The molecule has 1 atom stereocenters. The van der Waals surface area contributed by atoms with Crippen LogP contribution in [0, 0.1) is 31.6 Å². The van der Waals surface area contributed by atoms with Gasteiger partial charge in [-0.05, 0) is 62.1 Å². The van der Waals surface area contributed by atoms with Gasteiger partial charge in [0, 0.05) is 26.8 Å². The van der Waals surface area contributed by atoms with Crippen LogP contribution in [0.15, 0.2) is 64.9 Å². The first kappa shape index (κ1) is 15.5. The molecule has 0 unspecified atom stereocenters. The number of benzene rings is 2. The lowest BCUT2D eigenvalue weighted by Gasteiger charge is -2.12. The molecule has 2 heterocycles. The quantitative estimate of drug-likeness (QED) is 0.379. The number of H-pyrrole nitrogens is 1. The van der Waals surface area contributed by atoms with Gasteiger partial charge in [0.05, 0.1) is 22.0 Å². The summed E-state index contributed by atoms with van der Waals surface area (Å²) >= 11 is 0.757. The molecule has 5 nitrogen and oxygen atoms in total. The number of aliphatic carboxylic acids is 1. The number of rotatable bonds is 6. The van der Waals surface area contributed by atoms with Crippen molar-refractivity contribution in [1.82, 2.24) is 4.98 Å². The lowest BCUT2D eigenvalue weighted by Crippen LogP contribution is -2.25. The standard InChI is InChI=1S/C26H23NO4S2/c1-17-3-6-19(7-4-17)8-9-22-10-12-25(32-22)33(30,31)16-21(26(28)29)14-20-15-27-24-11-5-18(2)13-23(20)24/h3-7,10-13,15,21,27H,14,16H2,1-2H3,(H,28,29)/t21-/m1/s1/i5D,11D,13D,14D2,15D,21D. The lowest BCUT2D eigenvalue weighted by molar-refractivity contribution is -0.140. The predicted octanol–water partition coefficient (Wildman–Crippen LogP) is 4.96. The summed E-state index contributed by atoms with van der Waals surface area (Å²) in [5, 5.41) is 9.66. The van der Waals surface area contributed by atoms with Crippen LogP contribution < -0.4 is 0 Å². The molecule has 0 amide bonds. The van der Waals surface area contributed by atoms with E-state index in [2.05, 4.69) is 16.8 Å². The number of aromatic nitrogens is 1. The summed E-state index contributed by atoms with van der Waals surface area (Å²) in [6, 6.07) is 8.82. The van der Waals surface area contributed by atoms with Crippen LogP contribution in [-0.4, -0.2) is 30.2 Å². The van der Waals surface area contributed by atoms with Gasteiger partial charge in [-0.25, -0.2) is 8.42 Å². The molecule has 2 aromatic carbocycles. The average molecular weight is 485 g/mol. The van der Waals surface area contributed by atoms with Crippen molar-refractivity contribution >= 4 is 38.0 Å². The maximum absolute atomic E-state index is 13.3. The Morgan fingerprint density at radius 2 is 1.94 bits per heavy atom. The number of nitrogens with one attached hydrogen (secondary N) is 1. The zero-order valence-electron chi connectivity index (χ0n) is 24.7. The van der Waals surface area contributed by atoms with E-state index in [0.717, 1.165) is 16.9 Å². The van der Waals surface area contributed by atoms with Crippen LogP contribution in [-0.2, 0) is 21.0 Å². The van der Waals surface area contributed by atoms with E-state index >= 15 is 0 Å². The third kappa shape index (κ3) is 5.36. The monoisotopic (exact) mass is 484 g/mol. The minimum atomic E-state index is -4.55. The molecule has 2 aromatic heterocycles. The molecule has 7 heteroatoms. The van der Waals surface area contributed by atoms with E-state index in [4.69, 9.17) is 9.60 Å². The number of aryl methyl sites for hydroxylation is 1. The highest BCUT2D eigenvalue weighted by Crippen LogP contribution is 2.27. The number of carboxylic acids is 1. The molecule has 0 saturated carbocycles. The molecule has 0 aliphatic heterocycles. The van der Waals surface area contributed by atoms with Gasteiger partial charge in [0.15, 0.2) is 9.84 Å². The Morgan fingerprint density at radius 3 is 2.67 bits per heavy atom. The lowest BCUT2D eigenvalue weighted by atomic mass is 10.00. The Hall–Kier alpha value is -3.34. The van der Waals surface area contributed by atoms with Gasteiger partial charge in [-0.3, -0.25) is 4.79 Å². The summed E-state index contributed by atoms with van der Waals surface area (Å²) in [6.07, 6.45) is -4.03. The topological polar surface area (TPSA) is 87.2 Å². The predicted molar refractivity (Wildman–Crippen MR) is 131 cm³/mol. The Balaban J connectivity index is 1.77. The van der Waals surface area contributed by atoms with E-state index < -0.39 is 57.6 Å². The van der Waals surface area contributed by atoms with Gasteiger partial charge in [0.2, 0.25) is 0 Å². The number of fused-ring (bicyclic) bond motifs is 1. The fourth-order valence-corrected chi connectivity index (χ4v) is 5.49. The second-order valence-corrected chi connectivity index (χ2v) is 10.6.